The molecule has 0 N–H and O–H groups in total. The van der Waals surface area contributed by atoms with Gasteiger partial charge in [0.05, 0.1) is 7.11 Å². The zero-order valence-corrected chi connectivity index (χ0v) is 36.8. The third-order valence-electron chi connectivity index (χ3n) is 14.8. The minimum absolute atomic E-state index is 0.0293. The first kappa shape index (κ1) is 37.6. The topological polar surface area (TPSA) is 9.23 Å². The Morgan fingerprint density at radius 1 is 0.295 bits per heavy atom. The zero-order valence-electron chi connectivity index (χ0n) is 36.8. The third-order valence-corrected chi connectivity index (χ3v) is 14.8. The van der Waals surface area contributed by atoms with Gasteiger partial charge in [0.2, 0.25) is 0 Å². The predicted octanol–water partition coefficient (Wildman–Crippen LogP) is 15.9. The van der Waals surface area contributed by atoms with Crippen molar-refractivity contribution in [2.24, 2.45) is 0 Å². The van der Waals surface area contributed by atoms with Crippen LogP contribution >= 0.6 is 0 Å². The largest absolute Gasteiger partial charge is 0.497 e. The van der Waals surface area contributed by atoms with E-state index in [1.165, 1.54) is 111 Å². The molecule has 0 unspecified atom stereocenters. The van der Waals surface area contributed by atoms with Gasteiger partial charge in [-0.15, -0.1) is 0 Å². The number of ether oxygens (including phenoxy) is 1. The molecule has 0 atom stereocenters. The van der Waals surface area contributed by atoms with Crippen molar-refractivity contribution in [2.45, 2.75) is 71.6 Å². The van der Waals surface area contributed by atoms with Gasteiger partial charge < -0.3 is 4.74 Å². The van der Waals surface area contributed by atoms with Gasteiger partial charge in [0.1, 0.15) is 5.75 Å². The molecule has 0 amide bonds. The minimum Gasteiger partial charge on any atom is -0.497 e. The molecule has 8 aromatic carbocycles. The highest BCUT2D eigenvalue weighted by Crippen LogP contribution is 2.55. The van der Waals surface area contributed by atoms with Crippen molar-refractivity contribution in [1.29, 1.82) is 0 Å². The highest BCUT2D eigenvalue weighted by atomic mass is 16.5. The number of rotatable bonds is 5. The first-order valence-electron chi connectivity index (χ1n) is 21.9. The smallest absolute Gasteiger partial charge is 0.120 e. The molecule has 3 aliphatic rings. The zero-order chi connectivity index (χ0) is 42.2. The molecule has 3 aliphatic carbocycles. The third kappa shape index (κ3) is 5.46. The van der Waals surface area contributed by atoms with Crippen molar-refractivity contribution in [3.8, 4) is 83.6 Å². The van der Waals surface area contributed by atoms with Crippen LogP contribution < -0.4 is 4.74 Å². The summed E-state index contributed by atoms with van der Waals surface area (Å²) in [6, 6.07) is 57.4. The molecule has 0 saturated carbocycles. The van der Waals surface area contributed by atoms with Gasteiger partial charge in [-0.2, -0.15) is 0 Å². The van der Waals surface area contributed by atoms with E-state index >= 15 is 0 Å². The predicted molar refractivity (Wildman–Crippen MR) is 257 cm³/mol. The van der Waals surface area contributed by atoms with E-state index in [-0.39, 0.29) is 16.2 Å². The number of aryl methyl sites for hydroxylation is 2. The van der Waals surface area contributed by atoms with Crippen LogP contribution in [0, 0.1) is 13.8 Å². The summed E-state index contributed by atoms with van der Waals surface area (Å²) < 4.78 is 5.80. The van der Waals surface area contributed by atoms with Crippen LogP contribution in [0.4, 0.5) is 0 Å². The maximum Gasteiger partial charge on any atom is 0.120 e. The Morgan fingerprint density at radius 2 is 0.705 bits per heavy atom. The molecular formula is C60H52O. The van der Waals surface area contributed by atoms with E-state index in [1.807, 2.05) is 0 Å². The van der Waals surface area contributed by atoms with E-state index in [0.29, 0.717) is 0 Å². The van der Waals surface area contributed by atoms with E-state index in [1.54, 1.807) is 7.11 Å². The lowest BCUT2D eigenvalue weighted by molar-refractivity contribution is 0.415. The van der Waals surface area contributed by atoms with Gasteiger partial charge in [-0.05, 0) is 185 Å². The summed E-state index contributed by atoms with van der Waals surface area (Å²) in [5.41, 5.74) is 28.8. The van der Waals surface area contributed by atoms with Crippen molar-refractivity contribution in [3.63, 3.8) is 0 Å². The maximum atomic E-state index is 5.80. The first-order valence-corrected chi connectivity index (χ1v) is 21.9. The van der Waals surface area contributed by atoms with Crippen molar-refractivity contribution >= 4 is 0 Å². The Kier molecular flexibility index (Phi) is 8.02. The lowest BCUT2D eigenvalue weighted by atomic mass is 9.78. The number of hydrogen-bond donors (Lipinski definition) is 0. The molecule has 0 heterocycles. The summed E-state index contributed by atoms with van der Waals surface area (Å²) in [6.07, 6.45) is 0. The van der Waals surface area contributed by atoms with Crippen LogP contribution in [0.25, 0.3) is 77.9 Å². The minimum atomic E-state index is -0.165. The Hall–Kier alpha value is -6.44. The number of methoxy groups -OCH3 is 1. The van der Waals surface area contributed by atoms with Crippen LogP contribution in [0.1, 0.15) is 86.1 Å². The summed E-state index contributed by atoms with van der Waals surface area (Å²) in [4.78, 5) is 0. The van der Waals surface area contributed by atoms with Crippen LogP contribution in [-0.4, -0.2) is 7.11 Å². The second-order valence-corrected chi connectivity index (χ2v) is 19.4. The summed E-state index contributed by atoms with van der Waals surface area (Å²) in [6.45, 7) is 19.0. The van der Waals surface area contributed by atoms with E-state index in [9.17, 15) is 0 Å². The first-order chi connectivity index (χ1) is 29.2. The molecule has 0 aliphatic heterocycles. The Labute approximate surface area is 361 Å². The van der Waals surface area contributed by atoms with Crippen molar-refractivity contribution < 1.29 is 4.74 Å². The maximum absolute atomic E-state index is 5.80. The van der Waals surface area contributed by atoms with Crippen LogP contribution in [-0.2, 0) is 16.2 Å². The normalized spacial score (nSPS) is 15.4. The van der Waals surface area contributed by atoms with Gasteiger partial charge in [0.15, 0.2) is 0 Å². The molecular weight excluding hydrogens is 737 g/mol. The second kappa shape index (κ2) is 13.0. The summed E-state index contributed by atoms with van der Waals surface area (Å²) in [5, 5.41) is 0. The highest BCUT2D eigenvalue weighted by molar-refractivity contribution is 5.91. The van der Waals surface area contributed by atoms with Gasteiger partial charge in [-0.1, -0.05) is 145 Å². The fraction of sp³-hybridized carbons (Fsp3) is 0.200. The van der Waals surface area contributed by atoms with Gasteiger partial charge >= 0.3 is 0 Å². The Balaban J connectivity index is 0.944. The Morgan fingerprint density at radius 3 is 1.23 bits per heavy atom. The van der Waals surface area contributed by atoms with Crippen molar-refractivity contribution in [1.82, 2.24) is 0 Å². The summed E-state index contributed by atoms with van der Waals surface area (Å²) in [5.74, 6) is 0.866. The fourth-order valence-electron chi connectivity index (χ4n) is 11.3. The highest BCUT2D eigenvalue weighted by Gasteiger charge is 2.40. The van der Waals surface area contributed by atoms with Crippen LogP contribution in [0.5, 0.6) is 5.75 Å². The summed E-state index contributed by atoms with van der Waals surface area (Å²) >= 11 is 0. The monoisotopic (exact) mass is 788 g/mol. The number of benzene rings is 8. The fourth-order valence-corrected chi connectivity index (χ4v) is 11.3. The summed E-state index contributed by atoms with van der Waals surface area (Å²) in [7, 11) is 1.75. The van der Waals surface area contributed by atoms with E-state index < -0.39 is 0 Å². The van der Waals surface area contributed by atoms with Gasteiger partial charge in [-0.3, -0.25) is 0 Å². The van der Waals surface area contributed by atoms with E-state index in [0.717, 1.165) is 16.9 Å². The standard InChI is InChI=1S/C60H52O/c1-35-25-50-51-26-36(2)49(34-57(51)60(7,8)56(50)33-48(35)39-20-23-45-44-17-13-14-18-52(44)58(3,4)54(45)31-39)40-21-24-47-46-22-19-38(30-53(46)59(5,6)55(47)32-40)42-27-41(28-43(29-42)61-9)37-15-11-10-12-16-37/h10-34H,1-9H3. The van der Waals surface area contributed by atoms with Crippen LogP contribution in [0.3, 0.4) is 0 Å². The van der Waals surface area contributed by atoms with E-state index in [4.69, 9.17) is 4.74 Å². The molecule has 1 nitrogen and oxygen atoms in total. The quantitative estimate of drug-likeness (QED) is 0.169. The van der Waals surface area contributed by atoms with Crippen LogP contribution in [0.2, 0.25) is 0 Å². The molecule has 0 aromatic heterocycles. The molecule has 8 aromatic rings. The molecule has 0 bridgehead atoms. The second-order valence-electron chi connectivity index (χ2n) is 19.4. The lowest BCUT2D eigenvalue weighted by Crippen LogP contribution is -2.16. The Bertz CT molecular complexity index is 3150. The number of hydrogen-bond acceptors (Lipinski definition) is 1. The van der Waals surface area contributed by atoms with Gasteiger partial charge in [0, 0.05) is 16.2 Å². The van der Waals surface area contributed by atoms with Gasteiger partial charge in [-0.25, -0.2) is 0 Å². The van der Waals surface area contributed by atoms with E-state index in [2.05, 4.69) is 207 Å². The van der Waals surface area contributed by atoms with Gasteiger partial charge in [0.25, 0.3) is 0 Å². The van der Waals surface area contributed by atoms with Crippen molar-refractivity contribution in [3.05, 3.63) is 196 Å². The molecule has 298 valence electrons. The number of fused-ring (bicyclic) bond motifs is 9. The van der Waals surface area contributed by atoms with Crippen molar-refractivity contribution in [2.75, 3.05) is 7.11 Å². The molecule has 0 fully saturated rings. The molecule has 61 heavy (non-hydrogen) atoms. The molecule has 11 rings (SSSR count). The molecule has 0 spiro atoms. The average Bonchev–Trinajstić information content (AvgIpc) is 3.73. The molecule has 0 saturated heterocycles. The van der Waals surface area contributed by atoms with Crippen LogP contribution in [0.15, 0.2) is 152 Å². The lowest BCUT2D eigenvalue weighted by Gasteiger charge is -2.25. The SMILES string of the molecule is COc1cc(-c2ccccc2)cc(-c2ccc3c(c2)C(C)(C)c2cc(-c4cc5c(cc4C)-c4cc(C)c(-c6ccc7c(c6)C(C)(C)c6ccccc6-7)cc4C5(C)C)ccc2-3)c1. The molecule has 1 heteroatoms. The average molecular weight is 789 g/mol. The molecule has 0 radical (unpaired) electrons.